The zero-order valence-corrected chi connectivity index (χ0v) is 13.5. The predicted molar refractivity (Wildman–Crippen MR) is 92.9 cm³/mol. The zero-order valence-electron chi connectivity index (χ0n) is 13.5. The number of fused-ring (bicyclic) bond motifs is 1. The summed E-state index contributed by atoms with van der Waals surface area (Å²) in [7, 11) is 2.01. The fourth-order valence-electron chi connectivity index (χ4n) is 3.41. The van der Waals surface area contributed by atoms with Gasteiger partial charge in [0.05, 0.1) is 0 Å². The van der Waals surface area contributed by atoms with Crippen LogP contribution in [0, 0.1) is 5.92 Å². The van der Waals surface area contributed by atoms with E-state index in [4.69, 9.17) is 5.11 Å². The Kier molecular flexibility index (Phi) is 4.82. The highest BCUT2D eigenvalue weighted by Crippen LogP contribution is 2.24. The Morgan fingerprint density at radius 2 is 2.04 bits per heavy atom. The van der Waals surface area contributed by atoms with Gasteiger partial charge in [-0.15, -0.1) is 0 Å². The van der Waals surface area contributed by atoms with Crippen LogP contribution in [-0.4, -0.2) is 28.2 Å². The first-order chi connectivity index (χ1) is 11.2. The number of nitrogens with one attached hydrogen (secondary N) is 1. The van der Waals surface area contributed by atoms with E-state index in [1.807, 2.05) is 31.5 Å². The molecule has 2 N–H and O–H groups in total. The Labute approximate surface area is 136 Å². The molecule has 1 amide bonds. The van der Waals surface area contributed by atoms with E-state index < -0.39 is 0 Å². The second kappa shape index (κ2) is 7.01. The molecule has 1 aromatic heterocycles. The minimum Gasteiger partial charge on any atom is -0.396 e. The lowest BCUT2D eigenvalue weighted by Gasteiger charge is -2.27. The molecular weight excluding hydrogens is 288 g/mol. The fourth-order valence-corrected chi connectivity index (χ4v) is 3.41. The van der Waals surface area contributed by atoms with Crippen LogP contribution in [0.15, 0.2) is 36.5 Å². The number of nitrogens with zero attached hydrogens (tertiary/aromatic N) is 1. The Bertz CT molecular complexity index is 709. The molecule has 23 heavy (non-hydrogen) atoms. The lowest BCUT2D eigenvalue weighted by atomic mass is 9.86. The van der Waals surface area contributed by atoms with Gasteiger partial charge in [0.25, 0.3) is 0 Å². The van der Waals surface area contributed by atoms with Crippen molar-refractivity contribution in [1.82, 2.24) is 9.88 Å². The molecule has 1 aliphatic rings. The molecule has 1 fully saturated rings. The second-order valence-corrected chi connectivity index (χ2v) is 6.45. The summed E-state index contributed by atoms with van der Waals surface area (Å²) in [4.78, 5) is 12.1. The molecule has 4 nitrogen and oxygen atoms in total. The van der Waals surface area contributed by atoms with Gasteiger partial charge >= 0.3 is 0 Å². The number of amides is 1. The third-order valence-corrected chi connectivity index (χ3v) is 4.79. The Hall–Kier alpha value is -2.07. The van der Waals surface area contributed by atoms with Gasteiger partial charge < -0.3 is 15.0 Å². The maximum Gasteiger partial charge on any atom is 0.244 e. The third-order valence-electron chi connectivity index (χ3n) is 4.79. The number of hydrogen-bond donors (Lipinski definition) is 2. The molecule has 0 spiro atoms. The number of aliphatic hydroxyl groups excluding tert-OH is 1. The largest absolute Gasteiger partial charge is 0.396 e. The molecule has 3 rings (SSSR count). The molecule has 2 aromatic rings. The topological polar surface area (TPSA) is 54.3 Å². The van der Waals surface area contributed by atoms with Crippen molar-refractivity contribution in [2.75, 3.05) is 6.61 Å². The van der Waals surface area contributed by atoms with E-state index in [-0.39, 0.29) is 18.6 Å². The van der Waals surface area contributed by atoms with Crippen LogP contribution in [0.25, 0.3) is 17.0 Å². The minimum absolute atomic E-state index is 0.0367. The van der Waals surface area contributed by atoms with Crippen LogP contribution in [0.4, 0.5) is 0 Å². The summed E-state index contributed by atoms with van der Waals surface area (Å²) in [6.07, 6.45) is 9.46. The van der Waals surface area contributed by atoms with Crippen molar-refractivity contribution in [2.45, 2.75) is 31.7 Å². The van der Waals surface area contributed by atoms with Crippen LogP contribution in [0.1, 0.15) is 31.2 Å². The van der Waals surface area contributed by atoms with Crippen molar-refractivity contribution in [3.63, 3.8) is 0 Å². The van der Waals surface area contributed by atoms with Crippen molar-refractivity contribution < 1.29 is 9.90 Å². The lowest BCUT2D eigenvalue weighted by molar-refractivity contribution is -0.117. The van der Waals surface area contributed by atoms with Crippen molar-refractivity contribution in [3.8, 4) is 0 Å². The van der Waals surface area contributed by atoms with Crippen molar-refractivity contribution in [2.24, 2.45) is 13.0 Å². The van der Waals surface area contributed by atoms with Crippen LogP contribution < -0.4 is 5.32 Å². The highest BCUT2D eigenvalue weighted by atomic mass is 16.3. The van der Waals surface area contributed by atoms with E-state index in [2.05, 4.69) is 22.0 Å². The molecule has 1 saturated carbocycles. The molecule has 0 saturated heterocycles. The molecule has 0 unspecified atom stereocenters. The first kappa shape index (κ1) is 15.8. The summed E-state index contributed by atoms with van der Waals surface area (Å²) < 4.78 is 2.07. The SMILES string of the molecule is Cn1cc(/C=C/C(=O)NC2CCC(CO)CC2)c2ccccc21. The standard InChI is InChI=1S/C19H24N2O2/c1-21-12-15(17-4-2-3-5-18(17)21)8-11-19(23)20-16-9-6-14(13-22)7-10-16/h2-5,8,11-12,14,16,22H,6-7,9-10,13H2,1H3,(H,20,23)/b11-8+. The number of hydrogen-bond acceptors (Lipinski definition) is 2. The lowest BCUT2D eigenvalue weighted by Crippen LogP contribution is -2.37. The van der Waals surface area contributed by atoms with Gasteiger partial charge in [-0.3, -0.25) is 4.79 Å². The molecule has 0 radical (unpaired) electrons. The van der Waals surface area contributed by atoms with Gasteiger partial charge in [-0.2, -0.15) is 0 Å². The first-order valence-electron chi connectivity index (χ1n) is 8.31. The van der Waals surface area contributed by atoms with Gasteiger partial charge in [0, 0.05) is 48.4 Å². The number of aromatic nitrogens is 1. The van der Waals surface area contributed by atoms with Crippen LogP contribution in [0.3, 0.4) is 0 Å². The average molecular weight is 312 g/mol. The summed E-state index contributed by atoms with van der Waals surface area (Å²) >= 11 is 0. The van der Waals surface area contributed by atoms with Gasteiger partial charge in [-0.1, -0.05) is 18.2 Å². The summed E-state index contributed by atoms with van der Waals surface area (Å²) in [5.74, 6) is 0.375. The van der Waals surface area contributed by atoms with Crippen molar-refractivity contribution in [1.29, 1.82) is 0 Å². The number of carbonyl (C=O) groups excluding carboxylic acids is 1. The monoisotopic (exact) mass is 312 g/mol. The number of benzene rings is 1. The van der Waals surface area contributed by atoms with Gasteiger partial charge in [0.1, 0.15) is 0 Å². The number of carbonyl (C=O) groups is 1. The van der Waals surface area contributed by atoms with Gasteiger partial charge in [0.15, 0.2) is 0 Å². The van der Waals surface area contributed by atoms with Gasteiger partial charge in [0.2, 0.25) is 5.91 Å². The van der Waals surface area contributed by atoms with Crippen LogP contribution in [-0.2, 0) is 11.8 Å². The number of aliphatic hydroxyl groups is 1. The summed E-state index contributed by atoms with van der Waals surface area (Å²) in [6, 6.07) is 8.42. The van der Waals surface area contributed by atoms with Crippen molar-refractivity contribution in [3.05, 3.63) is 42.1 Å². The first-order valence-corrected chi connectivity index (χ1v) is 8.31. The molecule has 0 bridgehead atoms. The van der Waals surface area contributed by atoms with Crippen LogP contribution in [0.5, 0.6) is 0 Å². The molecule has 122 valence electrons. The van der Waals surface area contributed by atoms with Crippen LogP contribution in [0.2, 0.25) is 0 Å². The number of aryl methyl sites for hydroxylation is 1. The number of para-hydroxylation sites is 1. The molecule has 1 heterocycles. The predicted octanol–water partition coefficient (Wildman–Crippen LogP) is 2.86. The van der Waals surface area contributed by atoms with Gasteiger partial charge in [-0.05, 0) is 43.7 Å². The smallest absolute Gasteiger partial charge is 0.244 e. The summed E-state index contributed by atoms with van der Waals surface area (Å²) in [5, 5.41) is 13.4. The van der Waals surface area contributed by atoms with E-state index in [0.29, 0.717) is 5.92 Å². The molecule has 1 aromatic carbocycles. The van der Waals surface area contributed by atoms with Gasteiger partial charge in [-0.25, -0.2) is 0 Å². The maximum absolute atomic E-state index is 12.1. The van der Waals surface area contributed by atoms with E-state index in [1.165, 1.54) is 0 Å². The highest BCUT2D eigenvalue weighted by molar-refractivity contribution is 5.96. The minimum atomic E-state index is -0.0367. The van der Waals surface area contributed by atoms with Crippen molar-refractivity contribution >= 4 is 22.9 Å². The summed E-state index contributed by atoms with van der Waals surface area (Å²) in [6.45, 7) is 0.266. The second-order valence-electron chi connectivity index (χ2n) is 6.45. The maximum atomic E-state index is 12.1. The highest BCUT2D eigenvalue weighted by Gasteiger charge is 2.21. The molecule has 0 aliphatic heterocycles. The third kappa shape index (κ3) is 3.64. The quantitative estimate of drug-likeness (QED) is 0.853. The molecule has 4 heteroatoms. The van der Waals surface area contributed by atoms with E-state index in [0.717, 1.165) is 42.1 Å². The molecule has 1 aliphatic carbocycles. The Morgan fingerprint density at radius 3 is 2.78 bits per heavy atom. The van der Waals surface area contributed by atoms with E-state index >= 15 is 0 Å². The Balaban J connectivity index is 1.62. The number of rotatable bonds is 4. The normalized spacial score (nSPS) is 21.8. The summed E-state index contributed by atoms with van der Waals surface area (Å²) in [5.41, 5.74) is 2.22. The fraction of sp³-hybridized carbons (Fsp3) is 0.421. The van der Waals surface area contributed by atoms with E-state index in [1.54, 1.807) is 6.08 Å². The zero-order chi connectivity index (χ0) is 16.2. The van der Waals surface area contributed by atoms with E-state index in [9.17, 15) is 4.79 Å². The Morgan fingerprint density at radius 1 is 1.30 bits per heavy atom. The molecular formula is C19H24N2O2. The average Bonchev–Trinajstić information content (AvgIpc) is 2.90. The van der Waals surface area contributed by atoms with Crippen LogP contribution >= 0.6 is 0 Å². The molecule has 0 atom stereocenters.